The number of likely N-dealkylation sites (tertiary alicyclic amines) is 1. The second-order valence-electron chi connectivity index (χ2n) is 4.19. The van der Waals surface area contributed by atoms with Crippen molar-refractivity contribution in [3.8, 4) is 0 Å². The summed E-state index contributed by atoms with van der Waals surface area (Å²) in [6, 6.07) is -15.4. The highest BCUT2D eigenvalue weighted by Gasteiger charge is 3.01. The topological polar surface area (TPSA) is 3.24 Å². The van der Waals surface area contributed by atoms with E-state index in [0.29, 0.717) is 0 Å². The van der Waals surface area contributed by atoms with Gasteiger partial charge in [0, 0.05) is 0 Å². The lowest BCUT2D eigenvalue weighted by atomic mass is 9.82. The molecule has 0 saturated carbocycles. The van der Waals surface area contributed by atoms with Crippen LogP contribution in [0.2, 0.25) is 0 Å². The molecule has 0 spiro atoms. The summed E-state index contributed by atoms with van der Waals surface area (Å²) < 4.78 is 189. The van der Waals surface area contributed by atoms with E-state index in [1.807, 2.05) is 0 Å². The van der Waals surface area contributed by atoms with E-state index in [4.69, 9.17) is 0 Å². The van der Waals surface area contributed by atoms with Crippen LogP contribution in [-0.4, -0.2) is 47.0 Å². The number of rotatable bonds is 0. The predicted molar refractivity (Wildman–Crippen MR) is 37.6 cm³/mol. The van der Waals surface area contributed by atoms with E-state index >= 15 is 0 Å². The van der Waals surface area contributed by atoms with Crippen molar-refractivity contribution in [1.29, 1.82) is 0 Å². The monoisotopic (exact) mass is 383 g/mol. The zero-order chi connectivity index (χ0) is 19.1. The van der Waals surface area contributed by atoms with Gasteiger partial charge < -0.3 is 0 Å². The molecule has 0 bridgehead atoms. The second-order valence-corrected chi connectivity index (χ2v) is 4.19. The zero-order valence-electron chi connectivity index (χ0n) is 9.62. The SMILES string of the molecule is FC(F)(F)N1C(F)(F)C(F)(F)C(F)(F)C(F)(C(F)(F)F)C1(F)F. The van der Waals surface area contributed by atoms with E-state index in [2.05, 4.69) is 0 Å². The van der Waals surface area contributed by atoms with Crippen LogP contribution in [0.15, 0.2) is 0 Å². The van der Waals surface area contributed by atoms with Crippen LogP contribution < -0.4 is 0 Å². The molecule has 0 N–H and O–H groups in total. The third kappa shape index (κ3) is 1.95. The number of alkyl halides is 15. The fourth-order valence-corrected chi connectivity index (χ4v) is 1.73. The van der Waals surface area contributed by atoms with E-state index < -0.39 is 47.0 Å². The number of nitrogens with zero attached hydrogens (tertiary/aromatic N) is 1. The Labute approximate surface area is 114 Å². The van der Waals surface area contributed by atoms with Crippen molar-refractivity contribution in [2.24, 2.45) is 0 Å². The van der Waals surface area contributed by atoms with Gasteiger partial charge in [0.25, 0.3) is 0 Å². The first-order valence-corrected chi connectivity index (χ1v) is 4.76. The molecule has 23 heavy (non-hydrogen) atoms. The van der Waals surface area contributed by atoms with Crippen molar-refractivity contribution in [3.05, 3.63) is 0 Å². The van der Waals surface area contributed by atoms with Crippen molar-refractivity contribution in [2.75, 3.05) is 0 Å². The minimum absolute atomic E-state index is 4.17. The van der Waals surface area contributed by atoms with Crippen molar-refractivity contribution >= 4 is 0 Å². The van der Waals surface area contributed by atoms with Gasteiger partial charge in [0.1, 0.15) is 0 Å². The van der Waals surface area contributed by atoms with Gasteiger partial charge in [-0.2, -0.15) is 61.5 Å². The molecule has 1 aliphatic heterocycles. The van der Waals surface area contributed by atoms with Gasteiger partial charge in [-0.25, -0.2) is 4.39 Å². The van der Waals surface area contributed by atoms with Crippen LogP contribution in [0.3, 0.4) is 0 Å². The highest BCUT2D eigenvalue weighted by Crippen LogP contribution is 2.69. The van der Waals surface area contributed by atoms with Crippen molar-refractivity contribution < 1.29 is 65.9 Å². The molecule has 0 amide bonds. The third-order valence-corrected chi connectivity index (χ3v) is 2.83. The Hall–Kier alpha value is -1.09. The van der Waals surface area contributed by atoms with Crippen LogP contribution in [0, 0.1) is 0 Å². The van der Waals surface area contributed by atoms with Crippen LogP contribution in [0.25, 0.3) is 0 Å². The van der Waals surface area contributed by atoms with Gasteiger partial charge in [-0.05, 0) is 0 Å². The molecular weight excluding hydrogens is 383 g/mol. The van der Waals surface area contributed by atoms with Crippen LogP contribution in [-0.2, 0) is 0 Å². The van der Waals surface area contributed by atoms with Gasteiger partial charge in [0.2, 0.25) is 0 Å². The molecule has 1 fully saturated rings. The number of hydrogen-bond acceptors (Lipinski definition) is 1. The lowest BCUT2D eigenvalue weighted by Crippen LogP contribution is -2.87. The van der Waals surface area contributed by atoms with Crippen LogP contribution in [0.5, 0.6) is 0 Å². The summed E-state index contributed by atoms with van der Waals surface area (Å²) >= 11 is 0. The molecule has 1 nitrogen and oxygen atoms in total. The van der Waals surface area contributed by atoms with Crippen LogP contribution in [0.1, 0.15) is 0 Å². The third-order valence-electron chi connectivity index (χ3n) is 2.83. The van der Waals surface area contributed by atoms with Crippen molar-refractivity contribution in [1.82, 2.24) is 4.90 Å². The smallest absolute Gasteiger partial charge is 0.218 e. The first-order valence-electron chi connectivity index (χ1n) is 4.76. The fraction of sp³-hybridized carbons (Fsp3) is 1.00. The van der Waals surface area contributed by atoms with Crippen molar-refractivity contribution in [2.45, 2.75) is 42.1 Å². The molecule has 1 aliphatic rings. The summed E-state index contributed by atoms with van der Waals surface area (Å²) in [5.41, 5.74) is -7.96. The quantitative estimate of drug-likeness (QED) is 0.439. The van der Waals surface area contributed by atoms with Gasteiger partial charge in [0.15, 0.2) is 0 Å². The molecule has 0 aromatic carbocycles. The molecule has 1 unspecified atom stereocenters. The van der Waals surface area contributed by atoms with E-state index in [9.17, 15) is 65.9 Å². The Morgan fingerprint density at radius 1 is 0.522 bits per heavy atom. The average Bonchev–Trinajstić information content (AvgIpc) is 2.20. The van der Waals surface area contributed by atoms with Crippen molar-refractivity contribution in [3.63, 3.8) is 0 Å². The number of halogens is 15. The Balaban J connectivity index is 3.96. The largest absolute Gasteiger partial charge is 0.469 e. The Bertz CT molecular complexity index is 485. The van der Waals surface area contributed by atoms with Gasteiger partial charge in [-0.3, -0.25) is 0 Å². The highest BCUT2D eigenvalue weighted by atomic mass is 19.4. The lowest BCUT2D eigenvalue weighted by Gasteiger charge is -2.54. The highest BCUT2D eigenvalue weighted by molar-refractivity contribution is 5.21. The Kier molecular flexibility index (Phi) is 3.73. The summed E-state index contributed by atoms with van der Waals surface area (Å²) in [4.78, 5) is -4.17. The van der Waals surface area contributed by atoms with Crippen LogP contribution in [0.4, 0.5) is 65.9 Å². The summed E-state index contributed by atoms with van der Waals surface area (Å²) in [7, 11) is 0. The molecule has 1 saturated heterocycles. The number of hydrogen-bond donors (Lipinski definition) is 0. The maximum Gasteiger partial charge on any atom is 0.469 e. The molecular formula is C7F15N. The van der Waals surface area contributed by atoms with E-state index in [-0.39, 0.29) is 0 Å². The molecule has 16 heteroatoms. The molecule has 0 radical (unpaired) electrons. The fourth-order valence-electron chi connectivity index (χ4n) is 1.73. The van der Waals surface area contributed by atoms with Gasteiger partial charge >= 0.3 is 42.1 Å². The van der Waals surface area contributed by atoms with E-state index in [1.165, 1.54) is 0 Å². The maximum atomic E-state index is 13.3. The zero-order valence-corrected chi connectivity index (χ0v) is 9.62. The second kappa shape index (κ2) is 4.30. The van der Waals surface area contributed by atoms with Gasteiger partial charge in [-0.15, -0.1) is 0 Å². The minimum Gasteiger partial charge on any atom is -0.218 e. The first kappa shape index (κ1) is 20.0. The van der Waals surface area contributed by atoms with E-state index in [0.717, 1.165) is 0 Å². The summed E-state index contributed by atoms with van der Waals surface area (Å²) in [5, 5.41) is 0. The molecule has 0 aromatic rings. The summed E-state index contributed by atoms with van der Waals surface area (Å²) in [6.45, 7) is 0. The molecule has 1 atom stereocenters. The summed E-state index contributed by atoms with van der Waals surface area (Å²) in [6.07, 6.45) is -15.2. The maximum absolute atomic E-state index is 13.3. The van der Waals surface area contributed by atoms with Crippen LogP contribution >= 0.6 is 0 Å². The molecule has 1 heterocycles. The van der Waals surface area contributed by atoms with Gasteiger partial charge in [0.05, 0.1) is 0 Å². The Morgan fingerprint density at radius 2 is 0.870 bits per heavy atom. The molecule has 138 valence electrons. The lowest BCUT2D eigenvalue weighted by molar-refractivity contribution is -0.553. The molecule has 1 rings (SSSR count). The summed E-state index contributed by atoms with van der Waals surface area (Å²) in [5.74, 6) is -15.7. The molecule has 0 aliphatic carbocycles. The normalized spacial score (nSPS) is 33.5. The average molecular weight is 383 g/mol. The molecule has 0 aromatic heterocycles. The number of piperidine rings is 1. The standard InChI is InChI=1S/C7F15N/c8-1(4(13,14)15)2(9,10)3(11,12)6(18,19)23(5(1,16)17)7(20,21)22. The Morgan fingerprint density at radius 3 is 1.13 bits per heavy atom. The first-order chi connectivity index (χ1) is 9.62. The minimum atomic E-state index is -7.96. The van der Waals surface area contributed by atoms with E-state index in [1.54, 1.807) is 0 Å². The van der Waals surface area contributed by atoms with Gasteiger partial charge in [-0.1, -0.05) is 4.90 Å². The predicted octanol–water partition coefficient (Wildman–Crippen LogP) is 4.55.